The lowest BCUT2D eigenvalue weighted by atomic mass is 9.91. The molecule has 3 rings (SSSR count). The smallest absolute Gasteiger partial charge is 0.315 e. The van der Waals surface area contributed by atoms with Crippen LogP contribution in [0.1, 0.15) is 24.0 Å². The minimum Gasteiger partial charge on any atom is -0.428 e. The van der Waals surface area contributed by atoms with E-state index in [-0.39, 0.29) is 5.22 Å². The highest BCUT2D eigenvalue weighted by atomic mass is 32.2. The lowest BCUT2D eigenvalue weighted by molar-refractivity contribution is 0.460. The molecule has 0 atom stereocenters. The summed E-state index contributed by atoms with van der Waals surface area (Å²) in [6, 6.07) is 3.90. The molecule has 0 N–H and O–H groups in total. The minimum atomic E-state index is -3.37. The number of aromatic nitrogens is 1. The minimum absolute atomic E-state index is 0.185. The lowest BCUT2D eigenvalue weighted by Gasteiger charge is -2.14. The predicted molar refractivity (Wildman–Crippen MR) is 63.8 cm³/mol. The van der Waals surface area contributed by atoms with Crippen molar-refractivity contribution in [2.45, 2.75) is 30.9 Å². The second-order valence-corrected chi connectivity index (χ2v) is 6.44. The average molecular weight is 251 g/mol. The molecule has 0 amide bonds. The summed E-state index contributed by atoms with van der Waals surface area (Å²) in [6.45, 7) is 0. The lowest BCUT2D eigenvalue weighted by Crippen LogP contribution is -2.01. The normalized spacial score (nSPS) is 16.1. The van der Waals surface area contributed by atoms with Crippen LogP contribution in [0.15, 0.2) is 21.8 Å². The molecule has 1 aliphatic rings. The fourth-order valence-electron chi connectivity index (χ4n) is 2.29. The topological polar surface area (TPSA) is 60.2 Å². The first kappa shape index (κ1) is 10.8. The Kier molecular flexibility index (Phi) is 2.26. The van der Waals surface area contributed by atoms with E-state index in [1.807, 2.05) is 12.1 Å². The fraction of sp³-hybridized carbons (Fsp3) is 0.417. The van der Waals surface area contributed by atoms with Crippen LogP contribution in [0.5, 0.6) is 0 Å². The van der Waals surface area contributed by atoms with Crippen molar-refractivity contribution < 1.29 is 12.8 Å². The van der Waals surface area contributed by atoms with Crippen LogP contribution in [0.2, 0.25) is 0 Å². The summed E-state index contributed by atoms with van der Waals surface area (Å²) in [5, 5.41) is -0.185. The summed E-state index contributed by atoms with van der Waals surface area (Å²) in [4.78, 5) is 4.04. The maximum atomic E-state index is 11.4. The number of sulfone groups is 1. The Bertz CT molecular complexity index is 642. The van der Waals surface area contributed by atoms with E-state index in [4.69, 9.17) is 4.42 Å². The van der Waals surface area contributed by atoms with Gasteiger partial charge in [-0.1, -0.05) is 0 Å². The largest absolute Gasteiger partial charge is 0.428 e. The summed E-state index contributed by atoms with van der Waals surface area (Å²) in [5.41, 5.74) is 3.76. The van der Waals surface area contributed by atoms with Crippen LogP contribution < -0.4 is 0 Å². The number of nitrogens with zero attached hydrogens (tertiary/aromatic N) is 1. The van der Waals surface area contributed by atoms with Crippen molar-refractivity contribution in [3.63, 3.8) is 0 Å². The molecule has 0 aliphatic heterocycles. The second-order valence-electron chi connectivity index (χ2n) is 4.55. The van der Waals surface area contributed by atoms with Crippen LogP contribution >= 0.6 is 0 Å². The first-order chi connectivity index (χ1) is 8.04. The SMILES string of the molecule is CS(=O)(=O)c1nc2cc3c(cc2o1)CCCC3. The van der Waals surface area contributed by atoms with Gasteiger partial charge in [0.25, 0.3) is 0 Å². The molecule has 90 valence electrons. The van der Waals surface area contributed by atoms with E-state index in [1.54, 1.807) is 0 Å². The van der Waals surface area contributed by atoms with Gasteiger partial charge >= 0.3 is 5.22 Å². The summed E-state index contributed by atoms with van der Waals surface area (Å²) in [7, 11) is -3.37. The molecule has 0 saturated carbocycles. The van der Waals surface area contributed by atoms with Crippen LogP contribution in [0, 0.1) is 0 Å². The maximum Gasteiger partial charge on any atom is 0.315 e. The van der Waals surface area contributed by atoms with E-state index >= 15 is 0 Å². The van der Waals surface area contributed by atoms with Gasteiger partial charge in [0.05, 0.1) is 0 Å². The van der Waals surface area contributed by atoms with Crippen molar-refractivity contribution in [1.29, 1.82) is 0 Å². The van der Waals surface area contributed by atoms with Crippen molar-refractivity contribution in [3.05, 3.63) is 23.3 Å². The molecule has 0 saturated heterocycles. The molecule has 0 bridgehead atoms. The van der Waals surface area contributed by atoms with E-state index in [1.165, 1.54) is 24.0 Å². The Balaban J connectivity index is 2.23. The Morgan fingerprint density at radius 2 is 1.82 bits per heavy atom. The van der Waals surface area contributed by atoms with Crippen molar-refractivity contribution in [2.24, 2.45) is 0 Å². The maximum absolute atomic E-state index is 11.4. The molecule has 1 aromatic carbocycles. The van der Waals surface area contributed by atoms with Gasteiger partial charge in [-0.2, -0.15) is 4.98 Å². The van der Waals surface area contributed by atoms with E-state index < -0.39 is 9.84 Å². The van der Waals surface area contributed by atoms with Crippen LogP contribution in [0.3, 0.4) is 0 Å². The summed E-state index contributed by atoms with van der Waals surface area (Å²) in [6.07, 6.45) is 5.57. The van der Waals surface area contributed by atoms with Gasteiger partial charge in [0.1, 0.15) is 5.52 Å². The molecule has 5 heteroatoms. The quantitative estimate of drug-likeness (QED) is 0.778. The van der Waals surface area contributed by atoms with Crippen molar-refractivity contribution in [1.82, 2.24) is 4.98 Å². The molecule has 17 heavy (non-hydrogen) atoms. The Morgan fingerprint density at radius 3 is 2.47 bits per heavy atom. The molecule has 0 spiro atoms. The van der Waals surface area contributed by atoms with E-state index in [2.05, 4.69) is 4.98 Å². The van der Waals surface area contributed by atoms with Gasteiger partial charge < -0.3 is 4.42 Å². The third kappa shape index (κ3) is 1.84. The second kappa shape index (κ2) is 3.57. The highest BCUT2D eigenvalue weighted by Gasteiger charge is 2.18. The van der Waals surface area contributed by atoms with Gasteiger partial charge in [0, 0.05) is 6.26 Å². The first-order valence-corrected chi connectivity index (χ1v) is 7.55. The molecule has 1 aromatic heterocycles. The van der Waals surface area contributed by atoms with Crippen LogP contribution in [-0.4, -0.2) is 19.7 Å². The number of oxazole rings is 1. The number of fused-ring (bicyclic) bond motifs is 2. The molecule has 2 aromatic rings. The Morgan fingerprint density at radius 1 is 1.18 bits per heavy atom. The third-order valence-corrected chi connectivity index (χ3v) is 3.96. The number of aryl methyl sites for hydroxylation is 2. The number of hydrogen-bond acceptors (Lipinski definition) is 4. The standard InChI is InChI=1S/C12H13NO3S/c1-17(14,15)12-13-10-6-8-4-2-3-5-9(8)7-11(10)16-12/h6-7H,2-5H2,1H3. The number of hydrogen-bond donors (Lipinski definition) is 0. The number of benzene rings is 1. The third-order valence-electron chi connectivity index (χ3n) is 3.15. The first-order valence-electron chi connectivity index (χ1n) is 5.66. The average Bonchev–Trinajstić information content (AvgIpc) is 2.68. The summed E-state index contributed by atoms with van der Waals surface area (Å²) >= 11 is 0. The molecule has 0 fully saturated rings. The molecule has 1 heterocycles. The summed E-state index contributed by atoms with van der Waals surface area (Å²) in [5.74, 6) is 0. The van der Waals surface area contributed by atoms with Crippen LogP contribution in [0.25, 0.3) is 11.1 Å². The molecule has 4 nitrogen and oxygen atoms in total. The van der Waals surface area contributed by atoms with E-state index in [0.717, 1.165) is 19.1 Å². The van der Waals surface area contributed by atoms with E-state index in [0.29, 0.717) is 11.1 Å². The van der Waals surface area contributed by atoms with Gasteiger partial charge in [-0.25, -0.2) is 8.42 Å². The van der Waals surface area contributed by atoms with E-state index in [9.17, 15) is 8.42 Å². The zero-order valence-corrected chi connectivity index (χ0v) is 10.4. The monoisotopic (exact) mass is 251 g/mol. The zero-order chi connectivity index (χ0) is 12.0. The molecule has 0 radical (unpaired) electrons. The fourth-order valence-corrected chi connectivity index (χ4v) is 2.80. The summed E-state index contributed by atoms with van der Waals surface area (Å²) < 4.78 is 28.0. The van der Waals surface area contributed by atoms with Gasteiger partial charge in [0.15, 0.2) is 5.58 Å². The molecular formula is C12H13NO3S. The Labute approximate surface area is 99.6 Å². The number of rotatable bonds is 1. The van der Waals surface area contributed by atoms with Gasteiger partial charge in [-0.05, 0) is 48.9 Å². The Hall–Kier alpha value is -1.36. The van der Waals surface area contributed by atoms with Crippen molar-refractivity contribution in [3.8, 4) is 0 Å². The molecule has 0 unspecified atom stereocenters. The van der Waals surface area contributed by atoms with Gasteiger partial charge in [0.2, 0.25) is 9.84 Å². The van der Waals surface area contributed by atoms with Crippen molar-refractivity contribution >= 4 is 20.9 Å². The van der Waals surface area contributed by atoms with Gasteiger partial charge in [-0.3, -0.25) is 0 Å². The predicted octanol–water partition coefficient (Wildman–Crippen LogP) is 2.11. The highest BCUT2D eigenvalue weighted by Crippen LogP contribution is 2.27. The van der Waals surface area contributed by atoms with Gasteiger partial charge in [-0.15, -0.1) is 0 Å². The molecular weight excluding hydrogens is 238 g/mol. The highest BCUT2D eigenvalue weighted by molar-refractivity contribution is 7.90. The molecule has 1 aliphatic carbocycles. The van der Waals surface area contributed by atoms with Crippen LogP contribution in [0.4, 0.5) is 0 Å². The van der Waals surface area contributed by atoms with Crippen molar-refractivity contribution in [2.75, 3.05) is 6.26 Å². The zero-order valence-electron chi connectivity index (χ0n) is 9.56. The van der Waals surface area contributed by atoms with Crippen LogP contribution in [-0.2, 0) is 22.7 Å².